The molecule has 3 atom stereocenters. The van der Waals surface area contributed by atoms with Crippen LogP contribution >= 0.6 is 11.6 Å². The Morgan fingerprint density at radius 1 is 1.30 bits per heavy atom. The van der Waals surface area contributed by atoms with E-state index in [1.807, 2.05) is 12.3 Å². The largest absolute Gasteiger partial charge is 0.284 e. The molecule has 5 rings (SSSR count). The topological polar surface area (TPSA) is 12.4 Å². The van der Waals surface area contributed by atoms with E-state index in [1.54, 1.807) is 0 Å². The van der Waals surface area contributed by atoms with Crippen molar-refractivity contribution in [2.75, 3.05) is 0 Å². The van der Waals surface area contributed by atoms with Gasteiger partial charge in [-0.25, -0.2) is 0 Å². The Morgan fingerprint density at radius 3 is 2.96 bits per heavy atom. The molecule has 1 aromatic carbocycles. The van der Waals surface area contributed by atoms with Crippen molar-refractivity contribution in [3.63, 3.8) is 0 Å². The summed E-state index contributed by atoms with van der Waals surface area (Å²) in [6.07, 6.45) is 9.71. The molecule has 0 saturated heterocycles. The number of alkyl halides is 1. The second-order valence-corrected chi connectivity index (χ2v) is 7.89. The van der Waals surface area contributed by atoms with E-state index in [0.29, 0.717) is 5.41 Å². The molecular formula is C21H22ClN. The molecule has 1 spiro atoms. The Hall–Kier alpha value is -1.56. The van der Waals surface area contributed by atoms with E-state index in [1.165, 1.54) is 23.1 Å². The average Bonchev–Trinajstić information content (AvgIpc) is 2.66. The summed E-state index contributed by atoms with van der Waals surface area (Å²) in [6.45, 7) is 6.02. The van der Waals surface area contributed by atoms with E-state index in [2.05, 4.69) is 37.4 Å². The fourth-order valence-corrected chi connectivity index (χ4v) is 4.91. The van der Waals surface area contributed by atoms with E-state index in [4.69, 9.17) is 16.6 Å². The Kier molecular flexibility index (Phi) is 3.59. The van der Waals surface area contributed by atoms with Gasteiger partial charge in [-0.3, -0.25) is 4.99 Å². The van der Waals surface area contributed by atoms with Gasteiger partial charge in [-0.2, -0.15) is 0 Å². The third-order valence-corrected chi connectivity index (χ3v) is 6.10. The van der Waals surface area contributed by atoms with Gasteiger partial charge in [0.25, 0.3) is 0 Å². The zero-order valence-corrected chi connectivity index (χ0v) is 14.4. The first kappa shape index (κ1) is 15.0. The fourth-order valence-electron chi connectivity index (χ4n) is 4.41. The van der Waals surface area contributed by atoms with Crippen LogP contribution in [0.5, 0.6) is 0 Å². The number of hydrogen-bond donors (Lipinski definition) is 0. The number of aryl methyl sites for hydroxylation is 1. The molecule has 0 radical (unpaired) electrons. The predicted octanol–water partition coefficient (Wildman–Crippen LogP) is 5.46. The number of halogens is 1. The molecular weight excluding hydrogens is 302 g/mol. The zero-order chi connectivity index (χ0) is 16.0. The molecule has 1 aromatic rings. The van der Waals surface area contributed by atoms with Crippen LogP contribution < -0.4 is 0 Å². The summed E-state index contributed by atoms with van der Waals surface area (Å²) in [4.78, 5) is 4.94. The van der Waals surface area contributed by atoms with Crippen LogP contribution in [0.25, 0.3) is 6.08 Å². The normalized spacial score (nSPS) is 31.9. The Balaban J connectivity index is 1.68. The SMILES string of the molecule is C=Cc1ccc(C)cc1/C=N/C1CC23CCC(=C=C1C2)C(Cl)C3. The minimum absolute atomic E-state index is 0.204. The molecule has 1 nitrogen and oxygen atoms in total. The van der Waals surface area contributed by atoms with Crippen LogP contribution in [0.15, 0.2) is 46.6 Å². The zero-order valence-electron chi connectivity index (χ0n) is 13.6. The van der Waals surface area contributed by atoms with Crippen molar-refractivity contribution in [2.45, 2.75) is 50.4 Å². The quantitative estimate of drug-likeness (QED) is 0.398. The highest BCUT2D eigenvalue weighted by Crippen LogP contribution is 2.56. The van der Waals surface area contributed by atoms with Gasteiger partial charge < -0.3 is 0 Å². The molecule has 2 heteroatoms. The van der Waals surface area contributed by atoms with Crippen LogP contribution in [0.2, 0.25) is 0 Å². The molecule has 0 amide bonds. The maximum atomic E-state index is 6.52. The Morgan fingerprint density at radius 2 is 2.17 bits per heavy atom. The predicted molar refractivity (Wildman–Crippen MR) is 98.4 cm³/mol. The average molecular weight is 324 g/mol. The summed E-state index contributed by atoms with van der Waals surface area (Å²) < 4.78 is 0. The number of benzene rings is 1. The molecule has 23 heavy (non-hydrogen) atoms. The third-order valence-electron chi connectivity index (χ3n) is 5.69. The number of aliphatic imine (C=N–C) groups is 1. The van der Waals surface area contributed by atoms with E-state index >= 15 is 0 Å². The first-order chi connectivity index (χ1) is 11.1. The molecule has 3 bridgehead atoms. The molecule has 0 heterocycles. The summed E-state index contributed by atoms with van der Waals surface area (Å²) in [5, 5.41) is 0.204. The van der Waals surface area contributed by atoms with Crippen molar-refractivity contribution in [1.82, 2.24) is 0 Å². The highest BCUT2D eigenvalue weighted by atomic mass is 35.5. The summed E-state index contributed by atoms with van der Waals surface area (Å²) in [5.74, 6) is 0. The number of fused-ring (bicyclic) bond motifs is 2. The fraction of sp³-hybridized carbons (Fsp3) is 0.429. The van der Waals surface area contributed by atoms with Crippen molar-refractivity contribution in [1.29, 1.82) is 0 Å². The highest BCUT2D eigenvalue weighted by molar-refractivity contribution is 6.22. The maximum Gasteiger partial charge on any atom is 0.0788 e. The molecule has 2 fully saturated rings. The van der Waals surface area contributed by atoms with Gasteiger partial charge in [0.05, 0.1) is 11.4 Å². The summed E-state index contributed by atoms with van der Waals surface area (Å²) in [6, 6.07) is 6.70. The molecule has 4 aliphatic rings. The smallest absolute Gasteiger partial charge is 0.0788 e. The summed E-state index contributed by atoms with van der Waals surface area (Å²) in [7, 11) is 0. The van der Waals surface area contributed by atoms with Gasteiger partial charge in [0, 0.05) is 6.21 Å². The van der Waals surface area contributed by atoms with Crippen LogP contribution in [0.3, 0.4) is 0 Å². The van der Waals surface area contributed by atoms with Crippen LogP contribution in [-0.4, -0.2) is 17.6 Å². The van der Waals surface area contributed by atoms with Gasteiger partial charge in [-0.05, 0) is 72.8 Å². The van der Waals surface area contributed by atoms with Gasteiger partial charge in [-0.1, -0.05) is 30.4 Å². The molecule has 0 aliphatic heterocycles. The van der Waals surface area contributed by atoms with Crippen LogP contribution in [0.4, 0.5) is 0 Å². The second-order valence-electron chi connectivity index (χ2n) is 7.36. The van der Waals surface area contributed by atoms with E-state index in [0.717, 1.165) is 36.8 Å². The number of hydrogen-bond acceptors (Lipinski definition) is 1. The van der Waals surface area contributed by atoms with Crippen LogP contribution in [0, 0.1) is 12.3 Å². The van der Waals surface area contributed by atoms with Gasteiger partial charge in [0.1, 0.15) is 0 Å². The van der Waals surface area contributed by atoms with Crippen molar-refractivity contribution in [2.24, 2.45) is 10.4 Å². The Labute approximate surface area is 143 Å². The maximum absolute atomic E-state index is 6.52. The van der Waals surface area contributed by atoms with Gasteiger partial charge >= 0.3 is 0 Å². The standard InChI is InChI=1S/C21H22ClN/c1-3-15-5-4-14(2)8-18(15)13-23-20-12-21-7-6-16(19(22)11-21)9-17(20)10-21/h3-5,8,13,19-20H,1,6-7,10-12H2,2H3/b23-13+. The molecule has 4 aliphatic carbocycles. The van der Waals surface area contributed by atoms with E-state index < -0.39 is 0 Å². The number of nitrogens with zero attached hydrogens (tertiary/aromatic N) is 1. The molecule has 2 saturated carbocycles. The van der Waals surface area contributed by atoms with Crippen molar-refractivity contribution in [3.05, 3.63) is 58.3 Å². The molecule has 3 unspecified atom stereocenters. The lowest BCUT2D eigenvalue weighted by atomic mass is 9.72. The minimum atomic E-state index is 0.204. The summed E-state index contributed by atoms with van der Waals surface area (Å²) in [5.41, 5.74) is 10.3. The van der Waals surface area contributed by atoms with Crippen LogP contribution in [-0.2, 0) is 0 Å². The van der Waals surface area contributed by atoms with Gasteiger partial charge in [0.15, 0.2) is 0 Å². The van der Waals surface area contributed by atoms with Crippen molar-refractivity contribution < 1.29 is 0 Å². The van der Waals surface area contributed by atoms with Crippen molar-refractivity contribution >= 4 is 23.9 Å². The monoisotopic (exact) mass is 323 g/mol. The number of rotatable bonds is 3. The van der Waals surface area contributed by atoms with E-state index in [9.17, 15) is 0 Å². The lowest BCUT2D eigenvalue weighted by Gasteiger charge is -2.35. The van der Waals surface area contributed by atoms with Crippen LogP contribution in [0.1, 0.15) is 48.8 Å². The third kappa shape index (κ3) is 2.63. The first-order valence-electron chi connectivity index (χ1n) is 8.47. The van der Waals surface area contributed by atoms with Crippen molar-refractivity contribution in [3.8, 4) is 0 Å². The molecule has 0 N–H and O–H groups in total. The lowest BCUT2D eigenvalue weighted by Crippen LogP contribution is -2.28. The van der Waals surface area contributed by atoms with E-state index in [-0.39, 0.29) is 11.4 Å². The summed E-state index contributed by atoms with van der Waals surface area (Å²) >= 11 is 6.52. The lowest BCUT2D eigenvalue weighted by molar-refractivity contribution is 0.230. The Bertz CT molecular complexity index is 766. The molecule has 0 aromatic heterocycles. The first-order valence-corrected chi connectivity index (χ1v) is 8.91. The minimum Gasteiger partial charge on any atom is -0.284 e. The highest BCUT2D eigenvalue weighted by Gasteiger charge is 2.47. The van der Waals surface area contributed by atoms with Gasteiger partial charge in [-0.15, -0.1) is 17.3 Å². The second kappa shape index (κ2) is 5.51. The molecule has 118 valence electrons. The van der Waals surface area contributed by atoms with Gasteiger partial charge in [0.2, 0.25) is 0 Å².